The smallest absolute Gasteiger partial charge is 0.425 e. The Bertz CT molecular complexity index is 146. The largest absolute Gasteiger partial charge is 0.441 e. The molecule has 0 N–H and O–H groups in total. The number of amides is 1. The minimum Gasteiger partial charge on any atom is -0.441 e. The van der Waals surface area contributed by atoms with Crippen molar-refractivity contribution >= 4 is 17.9 Å². The predicted octanol–water partition coefficient (Wildman–Crippen LogP) is 1.37. The zero-order valence-corrected chi connectivity index (χ0v) is 6.10. The van der Waals surface area contributed by atoms with Gasteiger partial charge in [-0.3, -0.25) is 0 Å². The molecule has 0 radical (unpaired) electrons. The number of ether oxygens (including phenoxy) is 1. The number of cyclic esters (lactones) is 1. The Kier molecular flexibility index (Phi) is 1.31. The van der Waals surface area contributed by atoms with Crippen LogP contribution >= 0.6 is 11.8 Å². The molecule has 52 valence electrons. The van der Waals surface area contributed by atoms with Crippen molar-refractivity contribution < 1.29 is 9.53 Å². The van der Waals surface area contributed by atoms with Gasteiger partial charge in [-0.1, -0.05) is 0 Å². The van der Waals surface area contributed by atoms with E-state index < -0.39 is 11.7 Å². The monoisotopic (exact) mass is 149 g/mol. The molecule has 0 bridgehead atoms. The quantitative estimate of drug-likeness (QED) is 0.487. The summed E-state index contributed by atoms with van der Waals surface area (Å²) in [4.78, 5) is 10.6. The summed E-state index contributed by atoms with van der Waals surface area (Å²) in [5.41, 5.74) is -0.418. The van der Waals surface area contributed by atoms with E-state index in [-0.39, 0.29) is 0 Å². The molecule has 0 aliphatic carbocycles. The van der Waals surface area contributed by atoms with Gasteiger partial charge in [0.05, 0.1) is 6.54 Å². The number of carbonyl (C=O) groups excluding carboxylic acids is 1. The fourth-order valence-corrected chi connectivity index (χ4v) is 1.04. The van der Waals surface area contributed by atoms with Gasteiger partial charge in [-0.2, -0.15) is 0 Å². The molecule has 1 rings (SSSR count). The number of nitrogens with zero attached hydrogens (tertiary/aromatic N) is 1. The van der Waals surface area contributed by atoms with E-state index >= 15 is 0 Å². The second-order valence-corrected chi connectivity index (χ2v) is 3.06. The van der Waals surface area contributed by atoms with E-state index in [0.717, 1.165) is 4.42 Å². The number of halogens is 1. The van der Waals surface area contributed by atoms with Crippen LogP contribution in [0.3, 0.4) is 0 Å². The molecule has 0 unspecified atom stereocenters. The van der Waals surface area contributed by atoms with Crippen molar-refractivity contribution in [2.24, 2.45) is 0 Å². The summed E-state index contributed by atoms with van der Waals surface area (Å²) < 4.78 is 5.86. The molecular formula is C5H8ClNO2. The molecule has 9 heavy (non-hydrogen) atoms. The van der Waals surface area contributed by atoms with Gasteiger partial charge in [0, 0.05) is 11.8 Å². The third kappa shape index (κ3) is 1.27. The molecule has 1 fully saturated rings. The molecule has 3 nitrogen and oxygen atoms in total. The number of hydrogen-bond acceptors (Lipinski definition) is 2. The average Bonchev–Trinajstić information content (AvgIpc) is 1.79. The predicted molar refractivity (Wildman–Crippen MR) is 33.1 cm³/mol. The van der Waals surface area contributed by atoms with Crippen molar-refractivity contribution in [3.05, 3.63) is 0 Å². The van der Waals surface area contributed by atoms with Crippen molar-refractivity contribution in [1.29, 1.82) is 0 Å². The highest BCUT2D eigenvalue weighted by Gasteiger charge is 2.36. The van der Waals surface area contributed by atoms with Crippen LogP contribution in [0.2, 0.25) is 0 Å². The number of hydrogen-bond donors (Lipinski definition) is 0. The highest BCUT2D eigenvalue weighted by atomic mass is 35.5. The van der Waals surface area contributed by atoms with Crippen molar-refractivity contribution in [2.75, 3.05) is 6.54 Å². The first-order valence-corrected chi connectivity index (χ1v) is 3.01. The molecule has 1 amide bonds. The molecule has 0 spiro atoms. The van der Waals surface area contributed by atoms with Gasteiger partial charge in [-0.25, -0.2) is 9.21 Å². The summed E-state index contributed by atoms with van der Waals surface area (Å²) in [6.07, 6.45) is -0.457. The lowest BCUT2D eigenvalue weighted by Crippen LogP contribution is -2.23. The average molecular weight is 150 g/mol. The molecule has 1 aliphatic heterocycles. The molecule has 0 aromatic heterocycles. The summed E-state index contributed by atoms with van der Waals surface area (Å²) in [6.45, 7) is 4.08. The van der Waals surface area contributed by atoms with Crippen molar-refractivity contribution in [1.82, 2.24) is 4.42 Å². The summed E-state index contributed by atoms with van der Waals surface area (Å²) in [5, 5.41) is 0. The molecule has 0 saturated carbocycles. The van der Waals surface area contributed by atoms with Crippen molar-refractivity contribution in [3.8, 4) is 0 Å². The molecule has 1 saturated heterocycles. The minimum absolute atomic E-state index is 0.418. The maximum atomic E-state index is 10.6. The van der Waals surface area contributed by atoms with Crippen LogP contribution in [0.4, 0.5) is 4.79 Å². The lowest BCUT2D eigenvalue weighted by molar-refractivity contribution is 0.0865. The maximum Gasteiger partial charge on any atom is 0.425 e. The Morgan fingerprint density at radius 3 is 2.44 bits per heavy atom. The third-order valence-corrected chi connectivity index (χ3v) is 1.34. The Morgan fingerprint density at radius 2 is 2.33 bits per heavy atom. The number of carbonyl (C=O) groups is 1. The second-order valence-electron chi connectivity index (χ2n) is 2.65. The van der Waals surface area contributed by atoms with Crippen LogP contribution in [0.25, 0.3) is 0 Å². The SMILES string of the molecule is CC1(C)CN(Cl)C(=O)O1. The molecule has 1 heterocycles. The Balaban J connectivity index is 2.65. The molecule has 0 aromatic rings. The van der Waals surface area contributed by atoms with Gasteiger partial charge in [0.15, 0.2) is 0 Å². The highest BCUT2D eigenvalue weighted by molar-refractivity contribution is 6.20. The van der Waals surface area contributed by atoms with Gasteiger partial charge >= 0.3 is 6.09 Å². The lowest BCUT2D eigenvalue weighted by atomic mass is 10.1. The summed E-state index contributed by atoms with van der Waals surface area (Å²) in [7, 11) is 0. The Morgan fingerprint density at radius 1 is 1.78 bits per heavy atom. The zero-order chi connectivity index (χ0) is 7.07. The van der Waals surface area contributed by atoms with Gasteiger partial charge in [0.2, 0.25) is 0 Å². The Labute approximate surface area is 58.6 Å². The first-order chi connectivity index (χ1) is 4.01. The fourth-order valence-electron chi connectivity index (χ4n) is 0.717. The van der Waals surface area contributed by atoms with E-state index in [4.69, 9.17) is 16.5 Å². The van der Waals surface area contributed by atoms with Crippen LogP contribution < -0.4 is 0 Å². The van der Waals surface area contributed by atoms with Crippen LogP contribution in [0.1, 0.15) is 13.8 Å². The van der Waals surface area contributed by atoms with E-state index in [1.165, 1.54) is 0 Å². The molecule has 0 atom stereocenters. The van der Waals surface area contributed by atoms with Crippen LogP contribution in [-0.4, -0.2) is 22.7 Å². The topological polar surface area (TPSA) is 29.5 Å². The van der Waals surface area contributed by atoms with Gasteiger partial charge in [0.25, 0.3) is 0 Å². The number of rotatable bonds is 0. The van der Waals surface area contributed by atoms with E-state index in [2.05, 4.69) is 0 Å². The van der Waals surface area contributed by atoms with Crippen molar-refractivity contribution in [3.63, 3.8) is 0 Å². The van der Waals surface area contributed by atoms with Gasteiger partial charge in [0.1, 0.15) is 5.60 Å². The third-order valence-electron chi connectivity index (χ3n) is 1.08. The maximum absolute atomic E-state index is 10.6. The van der Waals surface area contributed by atoms with Crippen LogP contribution in [-0.2, 0) is 4.74 Å². The zero-order valence-electron chi connectivity index (χ0n) is 5.35. The standard InChI is InChI=1S/C5H8ClNO2/c1-5(2)3-7(6)4(8)9-5/h3H2,1-2H3. The van der Waals surface area contributed by atoms with E-state index in [9.17, 15) is 4.79 Å². The summed E-state index contributed by atoms with van der Waals surface area (Å²) in [6, 6.07) is 0. The summed E-state index contributed by atoms with van der Waals surface area (Å²) in [5.74, 6) is 0. The van der Waals surface area contributed by atoms with E-state index in [0.29, 0.717) is 6.54 Å². The first-order valence-electron chi connectivity index (χ1n) is 2.67. The van der Waals surface area contributed by atoms with Crippen LogP contribution in [0.15, 0.2) is 0 Å². The van der Waals surface area contributed by atoms with Gasteiger partial charge in [-0.05, 0) is 13.8 Å². The lowest BCUT2D eigenvalue weighted by Gasteiger charge is -2.12. The van der Waals surface area contributed by atoms with Crippen molar-refractivity contribution in [2.45, 2.75) is 19.4 Å². The molecular weight excluding hydrogens is 142 g/mol. The van der Waals surface area contributed by atoms with Crippen LogP contribution in [0, 0.1) is 0 Å². The van der Waals surface area contributed by atoms with Gasteiger partial charge < -0.3 is 4.74 Å². The summed E-state index contributed by atoms with van der Waals surface area (Å²) >= 11 is 5.41. The normalized spacial score (nSPS) is 24.3. The Hall–Kier alpha value is -0.440. The van der Waals surface area contributed by atoms with E-state index in [1.807, 2.05) is 13.8 Å². The second kappa shape index (κ2) is 1.77. The van der Waals surface area contributed by atoms with Crippen LogP contribution in [0.5, 0.6) is 0 Å². The fraction of sp³-hybridized carbons (Fsp3) is 0.800. The minimum atomic E-state index is -0.457. The molecule has 0 aromatic carbocycles. The molecule has 1 aliphatic rings. The van der Waals surface area contributed by atoms with Gasteiger partial charge in [-0.15, -0.1) is 0 Å². The van der Waals surface area contributed by atoms with E-state index in [1.54, 1.807) is 0 Å². The molecule has 4 heteroatoms. The highest BCUT2D eigenvalue weighted by Crippen LogP contribution is 2.22. The first kappa shape index (κ1) is 6.68.